The molecule has 0 saturated heterocycles. The summed E-state index contributed by atoms with van der Waals surface area (Å²) in [5, 5.41) is -0.0297. The first kappa shape index (κ1) is 15.8. The van der Waals surface area contributed by atoms with E-state index in [0.717, 1.165) is 0 Å². The highest BCUT2D eigenvalue weighted by atomic mass is 35.5. The van der Waals surface area contributed by atoms with Crippen LogP contribution in [0.2, 0.25) is 10.0 Å². The third-order valence-electron chi connectivity index (χ3n) is 2.03. The molecule has 0 aromatic heterocycles. The number of alkyl halides is 3. The predicted octanol–water partition coefficient (Wildman–Crippen LogP) is 3.86. The van der Waals surface area contributed by atoms with Gasteiger partial charge in [-0.1, -0.05) is 23.2 Å². The van der Waals surface area contributed by atoms with Gasteiger partial charge in [-0.05, 0) is 17.7 Å². The molecule has 1 aromatic carbocycles. The van der Waals surface area contributed by atoms with Crippen LogP contribution in [-0.2, 0) is 0 Å². The number of nitrogens with two attached hydrogens (primary N) is 1. The Hall–Kier alpha value is -0.300. The summed E-state index contributed by atoms with van der Waals surface area (Å²) in [5.41, 5.74) is 6.29. The number of thiol groups is 1. The smallest absolute Gasteiger partial charge is 0.422 e. The summed E-state index contributed by atoms with van der Waals surface area (Å²) in [6, 6.07) is 2.43. The molecule has 0 amide bonds. The summed E-state index contributed by atoms with van der Waals surface area (Å²) < 4.78 is 40.6. The van der Waals surface area contributed by atoms with Gasteiger partial charge in [0.05, 0.1) is 10.0 Å². The molecule has 1 aromatic rings. The molecule has 18 heavy (non-hydrogen) atoms. The van der Waals surface area contributed by atoms with Crippen LogP contribution in [0.15, 0.2) is 12.1 Å². The van der Waals surface area contributed by atoms with Crippen molar-refractivity contribution in [2.24, 2.45) is 5.73 Å². The quantitative estimate of drug-likeness (QED) is 0.826. The van der Waals surface area contributed by atoms with Gasteiger partial charge in [-0.15, -0.1) is 0 Å². The first-order chi connectivity index (χ1) is 8.24. The lowest BCUT2D eigenvalue weighted by atomic mass is 10.1. The summed E-state index contributed by atoms with van der Waals surface area (Å²) in [4.78, 5) is 0. The predicted molar refractivity (Wildman–Crippen MR) is 68.8 cm³/mol. The van der Waals surface area contributed by atoms with E-state index >= 15 is 0 Å². The highest BCUT2D eigenvalue weighted by molar-refractivity contribution is 7.80. The highest BCUT2D eigenvalue weighted by Gasteiger charge is 2.29. The molecule has 2 N–H and O–H groups in total. The van der Waals surface area contributed by atoms with Crippen LogP contribution in [0.3, 0.4) is 0 Å². The molecule has 0 fully saturated rings. The fraction of sp³-hybridized carbons (Fsp3) is 0.400. The number of benzene rings is 1. The van der Waals surface area contributed by atoms with Crippen molar-refractivity contribution >= 4 is 35.8 Å². The average molecular weight is 320 g/mol. The Kier molecular flexibility index (Phi) is 5.46. The number of rotatable bonds is 4. The van der Waals surface area contributed by atoms with E-state index in [1.807, 2.05) is 0 Å². The zero-order valence-corrected chi connectivity index (χ0v) is 11.4. The zero-order valence-electron chi connectivity index (χ0n) is 8.97. The monoisotopic (exact) mass is 319 g/mol. The fourth-order valence-corrected chi connectivity index (χ4v) is 2.01. The Morgan fingerprint density at radius 3 is 2.17 bits per heavy atom. The maximum absolute atomic E-state index is 12.0. The summed E-state index contributed by atoms with van der Waals surface area (Å²) in [7, 11) is 0. The van der Waals surface area contributed by atoms with Gasteiger partial charge in [0.15, 0.2) is 12.4 Å². The molecule has 0 saturated carbocycles. The highest BCUT2D eigenvalue weighted by Crippen LogP contribution is 2.36. The second-order valence-corrected chi connectivity index (χ2v) is 4.69. The van der Waals surface area contributed by atoms with Gasteiger partial charge < -0.3 is 10.5 Å². The van der Waals surface area contributed by atoms with Crippen LogP contribution in [0.4, 0.5) is 13.2 Å². The van der Waals surface area contributed by atoms with Gasteiger partial charge in [0.2, 0.25) is 0 Å². The van der Waals surface area contributed by atoms with Crippen molar-refractivity contribution in [1.82, 2.24) is 0 Å². The minimum Gasteiger partial charge on any atom is -0.481 e. The normalized spacial score (nSPS) is 13.5. The maximum atomic E-state index is 12.0. The Morgan fingerprint density at radius 2 is 1.78 bits per heavy atom. The number of hydrogen-bond acceptors (Lipinski definition) is 3. The Bertz CT molecular complexity index is 405. The standard InChI is InChI=1S/C10H10Cl2F3NOS/c11-6-1-5(8(16)3-18)2-7(12)9(6)17-4-10(13,14)15/h1-2,8,18H,3-4,16H2. The third kappa shape index (κ3) is 4.42. The van der Waals surface area contributed by atoms with Gasteiger partial charge in [0, 0.05) is 11.8 Å². The van der Waals surface area contributed by atoms with Crippen molar-refractivity contribution in [3.05, 3.63) is 27.7 Å². The van der Waals surface area contributed by atoms with E-state index in [1.54, 1.807) is 0 Å². The molecule has 2 nitrogen and oxygen atoms in total. The SMILES string of the molecule is NC(CS)c1cc(Cl)c(OCC(F)(F)F)c(Cl)c1. The lowest BCUT2D eigenvalue weighted by molar-refractivity contribution is -0.153. The van der Waals surface area contributed by atoms with Crippen molar-refractivity contribution in [1.29, 1.82) is 0 Å². The van der Waals surface area contributed by atoms with Crippen LogP contribution >= 0.6 is 35.8 Å². The number of hydrogen-bond donors (Lipinski definition) is 2. The largest absolute Gasteiger partial charge is 0.481 e. The van der Waals surface area contributed by atoms with Gasteiger partial charge in [-0.2, -0.15) is 25.8 Å². The second-order valence-electron chi connectivity index (χ2n) is 3.51. The summed E-state index contributed by atoms with van der Waals surface area (Å²) in [6.07, 6.45) is -4.45. The summed E-state index contributed by atoms with van der Waals surface area (Å²) >= 11 is 15.6. The lowest BCUT2D eigenvalue weighted by Gasteiger charge is -2.15. The molecule has 0 radical (unpaired) electrons. The van der Waals surface area contributed by atoms with E-state index in [4.69, 9.17) is 28.9 Å². The molecule has 1 unspecified atom stereocenters. The Morgan fingerprint density at radius 1 is 1.28 bits per heavy atom. The molecular formula is C10H10Cl2F3NOS. The van der Waals surface area contributed by atoms with E-state index in [1.165, 1.54) is 12.1 Å². The van der Waals surface area contributed by atoms with Gasteiger partial charge in [-0.3, -0.25) is 0 Å². The maximum Gasteiger partial charge on any atom is 0.422 e. The fourth-order valence-electron chi connectivity index (χ4n) is 1.19. The first-order valence-electron chi connectivity index (χ1n) is 4.79. The van der Waals surface area contributed by atoms with Crippen LogP contribution in [0, 0.1) is 0 Å². The number of ether oxygens (including phenoxy) is 1. The van der Waals surface area contributed by atoms with Crippen LogP contribution in [0.25, 0.3) is 0 Å². The Balaban J connectivity index is 2.94. The molecule has 1 atom stereocenters. The minimum absolute atomic E-state index is 0.0148. The van der Waals surface area contributed by atoms with Crippen LogP contribution in [0.1, 0.15) is 11.6 Å². The first-order valence-corrected chi connectivity index (χ1v) is 6.18. The van der Waals surface area contributed by atoms with E-state index < -0.39 is 18.8 Å². The topological polar surface area (TPSA) is 35.2 Å². The van der Waals surface area contributed by atoms with E-state index in [9.17, 15) is 13.2 Å². The summed E-state index contributed by atoms with van der Waals surface area (Å²) in [6.45, 7) is -1.45. The molecule has 0 bridgehead atoms. The van der Waals surface area contributed by atoms with Crippen molar-refractivity contribution in [3.8, 4) is 5.75 Å². The number of halogens is 5. The molecule has 1 rings (SSSR count). The molecule has 0 heterocycles. The summed E-state index contributed by atoms with van der Waals surface area (Å²) in [5.74, 6) is 0.154. The van der Waals surface area contributed by atoms with E-state index in [2.05, 4.69) is 17.4 Å². The van der Waals surface area contributed by atoms with Crippen LogP contribution in [0.5, 0.6) is 5.75 Å². The van der Waals surface area contributed by atoms with Crippen LogP contribution in [-0.4, -0.2) is 18.5 Å². The van der Waals surface area contributed by atoms with Gasteiger partial charge in [0.25, 0.3) is 0 Å². The zero-order chi connectivity index (χ0) is 13.9. The molecule has 0 spiro atoms. The molecule has 0 aliphatic heterocycles. The molecule has 8 heteroatoms. The molecule has 0 aliphatic rings. The van der Waals surface area contributed by atoms with Crippen molar-refractivity contribution in [2.75, 3.05) is 12.4 Å². The minimum atomic E-state index is -4.45. The molecular weight excluding hydrogens is 310 g/mol. The van der Waals surface area contributed by atoms with Gasteiger partial charge in [0.1, 0.15) is 0 Å². The average Bonchev–Trinajstić information content (AvgIpc) is 2.25. The van der Waals surface area contributed by atoms with Crippen molar-refractivity contribution in [2.45, 2.75) is 12.2 Å². The van der Waals surface area contributed by atoms with Crippen molar-refractivity contribution in [3.63, 3.8) is 0 Å². The van der Waals surface area contributed by atoms with E-state index in [0.29, 0.717) is 11.3 Å². The van der Waals surface area contributed by atoms with Crippen LogP contribution < -0.4 is 10.5 Å². The third-order valence-corrected chi connectivity index (χ3v) is 2.98. The lowest BCUT2D eigenvalue weighted by Crippen LogP contribution is -2.19. The second kappa shape index (κ2) is 6.23. The van der Waals surface area contributed by atoms with E-state index in [-0.39, 0.29) is 15.8 Å². The van der Waals surface area contributed by atoms with Gasteiger partial charge >= 0.3 is 6.18 Å². The Labute approximate surface area is 118 Å². The molecule has 102 valence electrons. The van der Waals surface area contributed by atoms with Gasteiger partial charge in [-0.25, -0.2) is 0 Å². The molecule has 0 aliphatic carbocycles. The van der Waals surface area contributed by atoms with Crippen molar-refractivity contribution < 1.29 is 17.9 Å².